The first-order chi connectivity index (χ1) is 10.5. The number of carbonyl (C=O) groups is 1. The zero-order valence-corrected chi connectivity index (χ0v) is 14.8. The molecule has 0 fully saturated rings. The van der Waals surface area contributed by atoms with Crippen molar-refractivity contribution in [2.24, 2.45) is 5.92 Å². The number of benzene rings is 1. The summed E-state index contributed by atoms with van der Waals surface area (Å²) in [4.78, 5) is 13.2. The summed E-state index contributed by atoms with van der Waals surface area (Å²) in [6, 6.07) is 9.59. The first-order valence-corrected chi connectivity index (χ1v) is 8.70. The zero-order chi connectivity index (χ0) is 16.1. The number of thiophene rings is 1. The van der Waals surface area contributed by atoms with Crippen LogP contribution in [0, 0.1) is 5.92 Å². The van der Waals surface area contributed by atoms with E-state index in [2.05, 4.69) is 13.8 Å². The van der Waals surface area contributed by atoms with Gasteiger partial charge in [0.25, 0.3) is 0 Å². The molecule has 0 N–H and O–H groups in total. The minimum Gasteiger partial charge on any atom is -0.492 e. The normalized spacial score (nSPS) is 11.0. The van der Waals surface area contributed by atoms with Gasteiger partial charge in [0, 0.05) is 4.88 Å². The summed E-state index contributed by atoms with van der Waals surface area (Å²) >= 11 is 7.79. The Hall–Kier alpha value is -1.32. The lowest BCUT2D eigenvalue weighted by molar-refractivity contribution is 0.102. The summed E-state index contributed by atoms with van der Waals surface area (Å²) in [7, 11) is 0. The highest BCUT2D eigenvalue weighted by molar-refractivity contribution is 7.17. The van der Waals surface area contributed by atoms with E-state index in [1.54, 1.807) is 6.92 Å². The first kappa shape index (κ1) is 17.0. The van der Waals surface area contributed by atoms with E-state index in [4.69, 9.17) is 16.3 Å². The number of hydrogen-bond acceptors (Lipinski definition) is 3. The highest BCUT2D eigenvalue weighted by Crippen LogP contribution is 2.34. The van der Waals surface area contributed by atoms with E-state index in [1.807, 2.05) is 30.3 Å². The van der Waals surface area contributed by atoms with E-state index in [1.165, 1.54) is 11.3 Å². The van der Waals surface area contributed by atoms with Crippen LogP contribution in [0.25, 0.3) is 10.4 Å². The Kier molecular flexibility index (Phi) is 6.04. The van der Waals surface area contributed by atoms with Crippen molar-refractivity contribution < 1.29 is 9.53 Å². The zero-order valence-electron chi connectivity index (χ0n) is 13.2. The maximum atomic E-state index is 11.4. The van der Waals surface area contributed by atoms with Crippen LogP contribution in [0.4, 0.5) is 0 Å². The smallest absolute Gasteiger partial charge is 0.169 e. The van der Waals surface area contributed by atoms with Crippen LogP contribution in [0.2, 0.25) is 5.02 Å². The second kappa shape index (κ2) is 7.80. The number of carbonyl (C=O) groups excluding carboxylic acids is 1. The summed E-state index contributed by atoms with van der Waals surface area (Å²) in [5, 5.41) is 0.611. The minimum absolute atomic E-state index is 0.0902. The van der Waals surface area contributed by atoms with Crippen LogP contribution in [0.1, 0.15) is 43.3 Å². The van der Waals surface area contributed by atoms with Crippen molar-refractivity contribution in [3.63, 3.8) is 0 Å². The first-order valence-electron chi connectivity index (χ1n) is 7.51. The standard InChI is InChI=1S/C18H21ClO2S/c1-12(2)5-4-10-21-16-7-6-14(11-15(16)19)18-9-8-17(22-18)13(3)20/h6-9,11-12H,4-5,10H2,1-3H3. The maximum absolute atomic E-state index is 11.4. The third-order valence-electron chi connectivity index (χ3n) is 3.35. The summed E-state index contributed by atoms with van der Waals surface area (Å²) in [5.74, 6) is 1.50. The van der Waals surface area contributed by atoms with Gasteiger partial charge in [0.15, 0.2) is 5.78 Å². The molecule has 118 valence electrons. The molecule has 0 unspecified atom stereocenters. The second-order valence-electron chi connectivity index (χ2n) is 5.75. The van der Waals surface area contributed by atoms with Crippen LogP contribution in [0.15, 0.2) is 30.3 Å². The molecule has 0 aliphatic heterocycles. The second-order valence-corrected chi connectivity index (χ2v) is 7.24. The van der Waals surface area contributed by atoms with Crippen LogP contribution < -0.4 is 4.74 Å². The molecule has 0 radical (unpaired) electrons. The topological polar surface area (TPSA) is 26.3 Å². The molecule has 1 aromatic carbocycles. The van der Waals surface area contributed by atoms with Gasteiger partial charge in [-0.1, -0.05) is 25.4 Å². The molecule has 1 heterocycles. The molecule has 0 amide bonds. The third kappa shape index (κ3) is 4.59. The van der Waals surface area contributed by atoms with Crippen LogP contribution in [-0.4, -0.2) is 12.4 Å². The Morgan fingerprint density at radius 1 is 1.27 bits per heavy atom. The largest absolute Gasteiger partial charge is 0.492 e. The molecule has 1 aromatic heterocycles. The van der Waals surface area contributed by atoms with Gasteiger partial charge in [-0.2, -0.15) is 0 Å². The Labute approximate surface area is 141 Å². The summed E-state index contributed by atoms with van der Waals surface area (Å²) in [6.07, 6.45) is 2.18. The van der Waals surface area contributed by atoms with Crippen molar-refractivity contribution in [1.82, 2.24) is 0 Å². The number of rotatable bonds is 7. The molecule has 0 bridgehead atoms. The van der Waals surface area contributed by atoms with Gasteiger partial charge in [-0.15, -0.1) is 11.3 Å². The molecule has 2 nitrogen and oxygen atoms in total. The molecule has 0 spiro atoms. The molecule has 2 aromatic rings. The van der Waals surface area contributed by atoms with Crippen molar-refractivity contribution in [3.8, 4) is 16.2 Å². The van der Waals surface area contributed by atoms with E-state index >= 15 is 0 Å². The van der Waals surface area contributed by atoms with Gasteiger partial charge in [-0.05, 0) is 61.6 Å². The fourth-order valence-electron chi connectivity index (χ4n) is 2.13. The van der Waals surface area contributed by atoms with Crippen LogP contribution in [0.5, 0.6) is 5.75 Å². The molecule has 22 heavy (non-hydrogen) atoms. The van der Waals surface area contributed by atoms with E-state index in [0.29, 0.717) is 17.5 Å². The van der Waals surface area contributed by atoms with Gasteiger partial charge < -0.3 is 4.74 Å². The van der Waals surface area contributed by atoms with E-state index in [9.17, 15) is 4.79 Å². The average molecular weight is 337 g/mol. The third-order valence-corrected chi connectivity index (χ3v) is 4.88. The van der Waals surface area contributed by atoms with Crippen molar-refractivity contribution in [2.45, 2.75) is 33.6 Å². The van der Waals surface area contributed by atoms with Gasteiger partial charge in [0.1, 0.15) is 5.75 Å². The van der Waals surface area contributed by atoms with Crippen molar-refractivity contribution >= 4 is 28.7 Å². The molecule has 0 atom stereocenters. The predicted octanol–water partition coefficient (Wildman–Crippen LogP) is 6.09. The molecule has 4 heteroatoms. The summed E-state index contributed by atoms with van der Waals surface area (Å²) < 4.78 is 5.74. The van der Waals surface area contributed by atoms with Gasteiger partial charge in [0.05, 0.1) is 16.5 Å². The molecule has 0 saturated carbocycles. The number of ketones is 1. The quantitative estimate of drug-likeness (QED) is 0.452. The molecule has 0 aliphatic rings. The summed E-state index contributed by atoms with van der Waals surface area (Å²) in [5.41, 5.74) is 1.01. The number of Topliss-reactive ketones (excluding diaryl/α,β-unsaturated/α-hetero) is 1. The monoisotopic (exact) mass is 336 g/mol. The average Bonchev–Trinajstić information content (AvgIpc) is 2.94. The Morgan fingerprint density at radius 3 is 2.64 bits per heavy atom. The van der Waals surface area contributed by atoms with Crippen LogP contribution in [0.3, 0.4) is 0 Å². The molecular formula is C18H21ClO2S. The van der Waals surface area contributed by atoms with Crippen molar-refractivity contribution in [2.75, 3.05) is 6.61 Å². The van der Waals surface area contributed by atoms with Gasteiger partial charge in [-0.3, -0.25) is 4.79 Å². The van der Waals surface area contributed by atoms with Gasteiger partial charge in [-0.25, -0.2) is 0 Å². The molecule has 0 aliphatic carbocycles. The number of ether oxygens (including phenoxy) is 1. The number of hydrogen-bond donors (Lipinski definition) is 0. The van der Waals surface area contributed by atoms with Gasteiger partial charge >= 0.3 is 0 Å². The highest BCUT2D eigenvalue weighted by Gasteiger charge is 2.09. The Bertz CT molecular complexity index is 646. The van der Waals surface area contributed by atoms with E-state index in [0.717, 1.165) is 33.9 Å². The molecule has 2 rings (SSSR count). The Balaban J connectivity index is 2.03. The van der Waals surface area contributed by atoms with Crippen molar-refractivity contribution in [3.05, 3.63) is 40.2 Å². The van der Waals surface area contributed by atoms with E-state index in [-0.39, 0.29) is 5.78 Å². The lowest BCUT2D eigenvalue weighted by Gasteiger charge is -2.10. The highest BCUT2D eigenvalue weighted by atomic mass is 35.5. The lowest BCUT2D eigenvalue weighted by atomic mass is 10.1. The number of halogens is 1. The predicted molar refractivity (Wildman–Crippen MR) is 94.3 cm³/mol. The lowest BCUT2D eigenvalue weighted by Crippen LogP contribution is -2.00. The Morgan fingerprint density at radius 2 is 2.05 bits per heavy atom. The fourth-order valence-corrected chi connectivity index (χ4v) is 3.26. The van der Waals surface area contributed by atoms with Crippen LogP contribution >= 0.6 is 22.9 Å². The summed E-state index contributed by atoms with van der Waals surface area (Å²) in [6.45, 7) is 6.68. The van der Waals surface area contributed by atoms with Gasteiger partial charge in [0.2, 0.25) is 0 Å². The maximum Gasteiger partial charge on any atom is 0.169 e. The SMILES string of the molecule is CC(=O)c1ccc(-c2ccc(OCCCC(C)C)c(Cl)c2)s1. The molecule has 0 saturated heterocycles. The van der Waals surface area contributed by atoms with Crippen LogP contribution in [-0.2, 0) is 0 Å². The van der Waals surface area contributed by atoms with E-state index < -0.39 is 0 Å². The molecular weight excluding hydrogens is 316 g/mol. The van der Waals surface area contributed by atoms with Crippen molar-refractivity contribution in [1.29, 1.82) is 0 Å². The minimum atomic E-state index is 0.0902. The fraction of sp³-hybridized carbons (Fsp3) is 0.389.